The summed E-state index contributed by atoms with van der Waals surface area (Å²) in [5.41, 5.74) is 2.74. The van der Waals surface area contributed by atoms with E-state index < -0.39 is 0 Å². The molecule has 14 heavy (non-hydrogen) atoms. The summed E-state index contributed by atoms with van der Waals surface area (Å²) < 4.78 is 0. The molecule has 2 rings (SSSR count). The summed E-state index contributed by atoms with van der Waals surface area (Å²) in [7, 11) is 0. The van der Waals surface area contributed by atoms with Gasteiger partial charge in [-0.15, -0.1) is 17.0 Å². The van der Waals surface area contributed by atoms with Gasteiger partial charge >= 0.3 is 0 Å². The van der Waals surface area contributed by atoms with Gasteiger partial charge in [0.1, 0.15) is 0 Å². The Morgan fingerprint density at radius 2 is 0.929 bits per heavy atom. The van der Waals surface area contributed by atoms with Crippen LogP contribution in [0.3, 0.4) is 0 Å². The summed E-state index contributed by atoms with van der Waals surface area (Å²) in [6.07, 6.45) is 1.03. The monoisotopic (exact) mass is 248 g/mol. The quantitative estimate of drug-likeness (QED) is 0.758. The van der Waals surface area contributed by atoms with Crippen LogP contribution in [0.5, 0.6) is 0 Å². The predicted octanol–water partition coefficient (Wildman–Crippen LogP) is 3.86. The molecule has 72 valence electrons. The normalized spacial score (nSPS) is 9.14. The molecule has 0 aliphatic heterocycles. The molecule has 0 amide bonds. The van der Waals surface area contributed by atoms with Gasteiger partial charge in [-0.1, -0.05) is 60.7 Å². The zero-order valence-electron chi connectivity index (χ0n) is 7.89. The average molecular weight is 249 g/mol. The van der Waals surface area contributed by atoms with Crippen molar-refractivity contribution in [3.05, 3.63) is 71.8 Å². The van der Waals surface area contributed by atoms with E-state index in [9.17, 15) is 0 Å². The Kier molecular flexibility index (Phi) is 4.41. The molecule has 2 aromatic carbocycles. The maximum Gasteiger partial charge on any atom is -0.00258 e. The second kappa shape index (κ2) is 5.61. The molecule has 0 radical (unpaired) electrons. The Balaban J connectivity index is 0.000000980. The van der Waals surface area contributed by atoms with Crippen LogP contribution in [-0.4, -0.2) is 0 Å². The van der Waals surface area contributed by atoms with Gasteiger partial charge in [0.15, 0.2) is 0 Å². The molecule has 0 N–H and O–H groups in total. The molecule has 0 saturated carbocycles. The van der Waals surface area contributed by atoms with Gasteiger partial charge in [-0.05, 0) is 17.5 Å². The summed E-state index contributed by atoms with van der Waals surface area (Å²) in [4.78, 5) is 0. The van der Waals surface area contributed by atoms with Crippen LogP contribution in [0.4, 0.5) is 0 Å². The maximum atomic E-state index is 2.16. The number of rotatable bonds is 2. The Morgan fingerprint density at radius 1 is 0.571 bits per heavy atom. The van der Waals surface area contributed by atoms with E-state index in [1.165, 1.54) is 11.1 Å². The summed E-state index contributed by atoms with van der Waals surface area (Å²) >= 11 is 0. The highest BCUT2D eigenvalue weighted by Gasteiger charge is 1.92. The van der Waals surface area contributed by atoms with Crippen LogP contribution in [0, 0.1) is 0 Å². The average Bonchev–Trinajstić information content (AvgIpc) is 2.21. The smallest absolute Gasteiger partial charge is 0.00258 e. The first-order chi connectivity index (χ1) is 6.45. The van der Waals surface area contributed by atoms with Crippen molar-refractivity contribution in [3.63, 3.8) is 0 Å². The van der Waals surface area contributed by atoms with Gasteiger partial charge < -0.3 is 0 Å². The largest absolute Gasteiger partial charge is 0.114 e. The van der Waals surface area contributed by atoms with Crippen molar-refractivity contribution in [1.29, 1.82) is 0 Å². The van der Waals surface area contributed by atoms with Crippen molar-refractivity contribution in [1.82, 2.24) is 0 Å². The third kappa shape index (κ3) is 3.00. The fourth-order valence-electron chi connectivity index (χ4n) is 1.43. The van der Waals surface area contributed by atoms with Crippen LogP contribution in [0.2, 0.25) is 0 Å². The first kappa shape index (κ1) is 11.0. The van der Waals surface area contributed by atoms with Crippen molar-refractivity contribution >= 4 is 17.0 Å². The van der Waals surface area contributed by atoms with Crippen LogP contribution < -0.4 is 0 Å². The van der Waals surface area contributed by atoms with Gasteiger partial charge in [0.25, 0.3) is 0 Å². The van der Waals surface area contributed by atoms with E-state index in [1.807, 2.05) is 0 Å². The van der Waals surface area contributed by atoms with E-state index in [0.717, 1.165) is 6.42 Å². The molecule has 0 atom stereocenters. The Bertz CT molecular complexity index is 316. The standard InChI is InChI=1S/C13H12.BrH/c1-3-7-12(8-4-1)11-13-9-5-2-6-10-13;/h1-10H,11H2;1H. The second-order valence-electron chi connectivity index (χ2n) is 3.15. The molecule has 0 saturated heterocycles. The van der Waals surface area contributed by atoms with Crippen molar-refractivity contribution in [2.75, 3.05) is 0 Å². The summed E-state index contributed by atoms with van der Waals surface area (Å²) in [5.74, 6) is 0. The van der Waals surface area contributed by atoms with Crippen LogP contribution in [0.25, 0.3) is 0 Å². The molecule has 0 spiro atoms. The van der Waals surface area contributed by atoms with Crippen LogP contribution in [-0.2, 0) is 6.42 Å². The Hall–Kier alpha value is -1.08. The lowest BCUT2D eigenvalue weighted by molar-refractivity contribution is 1.19. The zero-order valence-corrected chi connectivity index (χ0v) is 9.60. The summed E-state index contributed by atoms with van der Waals surface area (Å²) in [6.45, 7) is 0. The van der Waals surface area contributed by atoms with Crippen molar-refractivity contribution in [2.24, 2.45) is 0 Å². The topological polar surface area (TPSA) is 0 Å². The van der Waals surface area contributed by atoms with Crippen molar-refractivity contribution in [3.8, 4) is 0 Å². The maximum absolute atomic E-state index is 2.16. The van der Waals surface area contributed by atoms with Gasteiger partial charge in [0, 0.05) is 0 Å². The summed E-state index contributed by atoms with van der Waals surface area (Å²) in [5, 5.41) is 0. The fraction of sp³-hybridized carbons (Fsp3) is 0.0769. The minimum atomic E-state index is 0. The highest BCUT2D eigenvalue weighted by Crippen LogP contribution is 2.07. The fourth-order valence-corrected chi connectivity index (χ4v) is 1.43. The molecule has 0 fully saturated rings. The van der Waals surface area contributed by atoms with Crippen molar-refractivity contribution in [2.45, 2.75) is 6.42 Å². The van der Waals surface area contributed by atoms with E-state index in [2.05, 4.69) is 60.7 Å². The molecule has 1 heteroatoms. The van der Waals surface area contributed by atoms with Crippen LogP contribution in [0.1, 0.15) is 11.1 Å². The molecule has 0 bridgehead atoms. The van der Waals surface area contributed by atoms with Crippen LogP contribution >= 0.6 is 17.0 Å². The predicted molar refractivity (Wildman–Crippen MR) is 66.0 cm³/mol. The third-order valence-electron chi connectivity index (χ3n) is 2.09. The third-order valence-corrected chi connectivity index (χ3v) is 2.09. The van der Waals surface area contributed by atoms with Gasteiger partial charge in [-0.2, -0.15) is 0 Å². The molecular formula is C13H13Br. The van der Waals surface area contributed by atoms with Gasteiger partial charge in [0.05, 0.1) is 0 Å². The minimum Gasteiger partial charge on any atom is -0.114 e. The molecule has 0 nitrogen and oxygen atoms in total. The van der Waals surface area contributed by atoms with Gasteiger partial charge in [-0.3, -0.25) is 0 Å². The van der Waals surface area contributed by atoms with Gasteiger partial charge in [0.2, 0.25) is 0 Å². The highest BCUT2D eigenvalue weighted by atomic mass is 79.9. The number of hydrogen-bond donors (Lipinski definition) is 0. The van der Waals surface area contributed by atoms with Crippen LogP contribution in [0.15, 0.2) is 60.7 Å². The lowest BCUT2D eigenvalue weighted by atomic mass is 10.1. The lowest BCUT2D eigenvalue weighted by Crippen LogP contribution is -1.85. The first-order valence-electron chi connectivity index (χ1n) is 4.53. The SMILES string of the molecule is Br.c1ccc(Cc2ccccc2)cc1. The minimum absolute atomic E-state index is 0. The number of benzene rings is 2. The van der Waals surface area contributed by atoms with E-state index in [0.29, 0.717) is 0 Å². The van der Waals surface area contributed by atoms with E-state index in [-0.39, 0.29) is 17.0 Å². The molecule has 0 aromatic heterocycles. The summed E-state index contributed by atoms with van der Waals surface area (Å²) in [6, 6.07) is 21.1. The highest BCUT2D eigenvalue weighted by molar-refractivity contribution is 8.93. The Labute approximate surface area is 95.4 Å². The second-order valence-corrected chi connectivity index (χ2v) is 3.15. The lowest BCUT2D eigenvalue weighted by Gasteiger charge is -2.00. The molecule has 0 unspecified atom stereocenters. The Morgan fingerprint density at radius 3 is 1.29 bits per heavy atom. The molecule has 2 aromatic rings. The molecule has 0 aliphatic carbocycles. The number of halogens is 1. The van der Waals surface area contributed by atoms with E-state index in [4.69, 9.17) is 0 Å². The molecule has 0 aliphatic rings. The zero-order chi connectivity index (χ0) is 8.93. The number of hydrogen-bond acceptors (Lipinski definition) is 0. The van der Waals surface area contributed by atoms with E-state index in [1.54, 1.807) is 0 Å². The van der Waals surface area contributed by atoms with Gasteiger partial charge in [-0.25, -0.2) is 0 Å². The van der Waals surface area contributed by atoms with E-state index >= 15 is 0 Å². The molecule has 0 heterocycles. The van der Waals surface area contributed by atoms with Crippen molar-refractivity contribution < 1.29 is 0 Å². The molecular weight excluding hydrogens is 236 g/mol. The first-order valence-corrected chi connectivity index (χ1v) is 4.53.